The van der Waals surface area contributed by atoms with Gasteiger partial charge in [0.25, 0.3) is 0 Å². The molecule has 17 heavy (non-hydrogen) atoms. The van der Waals surface area contributed by atoms with Gasteiger partial charge in [-0.15, -0.1) is 12.6 Å². The van der Waals surface area contributed by atoms with Crippen LogP contribution in [-0.2, 0) is 0 Å². The number of ether oxygens (including phenoxy) is 2. The summed E-state index contributed by atoms with van der Waals surface area (Å²) in [5, 5.41) is 0. The summed E-state index contributed by atoms with van der Waals surface area (Å²) in [4.78, 5) is 0. The van der Waals surface area contributed by atoms with Crippen LogP contribution in [-0.4, -0.2) is 13.0 Å². The van der Waals surface area contributed by atoms with E-state index in [1.807, 2.05) is 60.7 Å². The highest BCUT2D eigenvalue weighted by atomic mass is 32.1. The van der Waals surface area contributed by atoms with Crippen LogP contribution in [0.15, 0.2) is 60.7 Å². The molecule has 0 aliphatic rings. The lowest BCUT2D eigenvalue weighted by Gasteiger charge is -1.98. The average Bonchev–Trinajstić information content (AvgIpc) is 2.42. The minimum Gasteiger partial charge on any atom is -0.497 e. The maximum absolute atomic E-state index is 5.07. The quantitative estimate of drug-likeness (QED) is 0.660. The Bertz CT molecular complexity index is 389. The van der Waals surface area contributed by atoms with E-state index in [0.717, 1.165) is 11.5 Å². The third-order valence-electron chi connectivity index (χ3n) is 1.95. The van der Waals surface area contributed by atoms with Crippen molar-refractivity contribution in [2.45, 2.75) is 0 Å². The van der Waals surface area contributed by atoms with Gasteiger partial charge in [-0.25, -0.2) is 0 Å². The van der Waals surface area contributed by atoms with Crippen LogP contribution in [0.5, 0.6) is 11.5 Å². The lowest BCUT2D eigenvalue weighted by atomic mass is 10.3. The molecule has 0 aromatic heterocycles. The van der Waals surface area contributed by atoms with E-state index in [2.05, 4.69) is 12.6 Å². The number of benzene rings is 2. The van der Waals surface area contributed by atoms with Gasteiger partial charge in [0.2, 0.25) is 0 Å². The second-order valence-electron chi connectivity index (χ2n) is 3.10. The SMILES string of the molecule is COc1ccccc1.SCOc1ccccc1. The standard InChI is InChI=1S/C7H8OS.C7H8O/c9-6-8-7-4-2-1-3-5-7;1-8-7-5-3-2-4-6-7/h1-5,9H,6H2;2-6H,1H3. The number of para-hydroxylation sites is 2. The molecule has 0 fully saturated rings. The Morgan fingerprint density at radius 1 is 0.824 bits per heavy atom. The van der Waals surface area contributed by atoms with Crippen LogP contribution in [0.2, 0.25) is 0 Å². The van der Waals surface area contributed by atoms with Gasteiger partial charge in [-0.1, -0.05) is 36.4 Å². The summed E-state index contributed by atoms with van der Waals surface area (Å²) >= 11 is 3.91. The molecule has 0 atom stereocenters. The molecule has 2 nitrogen and oxygen atoms in total. The molecule has 0 aliphatic carbocycles. The summed E-state index contributed by atoms with van der Waals surface area (Å²) in [6.45, 7) is 0. The van der Waals surface area contributed by atoms with Crippen molar-refractivity contribution in [1.82, 2.24) is 0 Å². The van der Waals surface area contributed by atoms with E-state index in [0.29, 0.717) is 5.94 Å². The molecule has 2 rings (SSSR count). The molecule has 0 unspecified atom stereocenters. The minimum absolute atomic E-state index is 0.435. The first-order valence-electron chi connectivity index (χ1n) is 5.24. The van der Waals surface area contributed by atoms with Crippen LogP contribution < -0.4 is 9.47 Å². The number of hydrogen-bond acceptors (Lipinski definition) is 3. The third-order valence-corrected chi connectivity index (χ3v) is 2.08. The largest absolute Gasteiger partial charge is 0.497 e. The van der Waals surface area contributed by atoms with Crippen LogP contribution in [0.1, 0.15) is 0 Å². The molecule has 0 bridgehead atoms. The van der Waals surface area contributed by atoms with Crippen molar-refractivity contribution < 1.29 is 9.47 Å². The second-order valence-corrected chi connectivity index (χ2v) is 3.36. The molecule has 90 valence electrons. The Labute approximate surface area is 108 Å². The molecule has 0 saturated carbocycles. The summed E-state index contributed by atoms with van der Waals surface area (Å²) in [5.41, 5.74) is 0. The summed E-state index contributed by atoms with van der Waals surface area (Å²) in [5.74, 6) is 2.21. The van der Waals surface area contributed by atoms with Crippen LogP contribution >= 0.6 is 12.6 Å². The van der Waals surface area contributed by atoms with Gasteiger partial charge >= 0.3 is 0 Å². The lowest BCUT2D eigenvalue weighted by molar-refractivity contribution is 0.395. The fourth-order valence-corrected chi connectivity index (χ4v) is 1.30. The number of hydrogen-bond donors (Lipinski definition) is 1. The molecular formula is C14H16O2S. The van der Waals surface area contributed by atoms with Gasteiger partial charge in [0.1, 0.15) is 17.4 Å². The molecule has 0 spiro atoms. The van der Waals surface area contributed by atoms with Crippen molar-refractivity contribution >= 4 is 12.6 Å². The molecule has 2 aromatic carbocycles. The monoisotopic (exact) mass is 248 g/mol. The Morgan fingerprint density at radius 2 is 1.29 bits per heavy atom. The highest BCUT2D eigenvalue weighted by Gasteiger charge is 1.84. The number of methoxy groups -OCH3 is 1. The van der Waals surface area contributed by atoms with E-state index >= 15 is 0 Å². The Balaban J connectivity index is 0.000000171. The van der Waals surface area contributed by atoms with Gasteiger partial charge < -0.3 is 9.47 Å². The van der Waals surface area contributed by atoms with Crippen LogP contribution in [0.4, 0.5) is 0 Å². The van der Waals surface area contributed by atoms with Crippen LogP contribution in [0.25, 0.3) is 0 Å². The van der Waals surface area contributed by atoms with Crippen molar-refractivity contribution in [3.63, 3.8) is 0 Å². The molecule has 3 heteroatoms. The van der Waals surface area contributed by atoms with E-state index in [1.165, 1.54) is 0 Å². The summed E-state index contributed by atoms with van der Waals surface area (Å²) in [6, 6.07) is 19.3. The molecule has 2 aromatic rings. The smallest absolute Gasteiger partial charge is 0.131 e. The molecule has 0 radical (unpaired) electrons. The van der Waals surface area contributed by atoms with Gasteiger partial charge in [0, 0.05) is 0 Å². The van der Waals surface area contributed by atoms with E-state index in [4.69, 9.17) is 9.47 Å². The number of thiol groups is 1. The summed E-state index contributed by atoms with van der Waals surface area (Å²) in [6.07, 6.45) is 0. The zero-order valence-electron chi connectivity index (χ0n) is 9.74. The summed E-state index contributed by atoms with van der Waals surface area (Å²) in [7, 11) is 1.66. The lowest BCUT2D eigenvalue weighted by Crippen LogP contribution is -1.86. The van der Waals surface area contributed by atoms with Crippen molar-refractivity contribution in [2.75, 3.05) is 13.0 Å². The van der Waals surface area contributed by atoms with Crippen molar-refractivity contribution in [3.05, 3.63) is 60.7 Å². The van der Waals surface area contributed by atoms with E-state index in [1.54, 1.807) is 7.11 Å². The van der Waals surface area contributed by atoms with Crippen molar-refractivity contribution in [1.29, 1.82) is 0 Å². The zero-order chi connectivity index (χ0) is 12.3. The number of rotatable bonds is 3. The highest BCUT2D eigenvalue weighted by Crippen LogP contribution is 2.07. The Kier molecular flexibility index (Phi) is 6.75. The van der Waals surface area contributed by atoms with Gasteiger partial charge in [-0.05, 0) is 24.3 Å². The van der Waals surface area contributed by atoms with E-state index < -0.39 is 0 Å². The van der Waals surface area contributed by atoms with Crippen molar-refractivity contribution in [3.8, 4) is 11.5 Å². The fraction of sp³-hybridized carbons (Fsp3) is 0.143. The van der Waals surface area contributed by atoms with Gasteiger partial charge in [-0.3, -0.25) is 0 Å². The minimum atomic E-state index is 0.435. The Morgan fingerprint density at radius 3 is 1.65 bits per heavy atom. The molecule has 0 saturated heterocycles. The molecular weight excluding hydrogens is 232 g/mol. The predicted molar refractivity (Wildman–Crippen MR) is 73.9 cm³/mol. The van der Waals surface area contributed by atoms with E-state index in [9.17, 15) is 0 Å². The molecule has 0 N–H and O–H groups in total. The van der Waals surface area contributed by atoms with Gasteiger partial charge in [0.15, 0.2) is 0 Å². The van der Waals surface area contributed by atoms with Crippen molar-refractivity contribution in [2.24, 2.45) is 0 Å². The van der Waals surface area contributed by atoms with Crippen LogP contribution in [0.3, 0.4) is 0 Å². The molecule has 0 amide bonds. The van der Waals surface area contributed by atoms with Gasteiger partial charge in [0.05, 0.1) is 7.11 Å². The average molecular weight is 248 g/mol. The first-order valence-corrected chi connectivity index (χ1v) is 5.88. The zero-order valence-corrected chi connectivity index (χ0v) is 10.6. The second kappa shape index (κ2) is 8.53. The maximum Gasteiger partial charge on any atom is 0.131 e. The topological polar surface area (TPSA) is 18.5 Å². The fourth-order valence-electron chi connectivity index (χ4n) is 1.15. The first-order chi connectivity index (χ1) is 8.36. The highest BCUT2D eigenvalue weighted by molar-refractivity contribution is 7.80. The normalized spacial score (nSPS) is 8.82. The summed E-state index contributed by atoms with van der Waals surface area (Å²) < 4.78 is 9.98. The van der Waals surface area contributed by atoms with Crippen LogP contribution in [0, 0.1) is 0 Å². The van der Waals surface area contributed by atoms with E-state index in [-0.39, 0.29) is 0 Å². The predicted octanol–water partition coefficient (Wildman–Crippen LogP) is 3.65. The first kappa shape index (κ1) is 13.5. The third kappa shape index (κ3) is 5.88. The maximum atomic E-state index is 5.07. The van der Waals surface area contributed by atoms with Gasteiger partial charge in [-0.2, -0.15) is 0 Å². The molecule has 0 aliphatic heterocycles. The Hall–Kier alpha value is -1.61. The molecule has 0 heterocycles.